The van der Waals surface area contributed by atoms with E-state index in [2.05, 4.69) is 5.32 Å². The predicted molar refractivity (Wildman–Crippen MR) is 47.2 cm³/mol. The van der Waals surface area contributed by atoms with Crippen molar-refractivity contribution in [2.75, 3.05) is 0 Å². The van der Waals surface area contributed by atoms with Gasteiger partial charge in [0.2, 0.25) is 6.41 Å². The van der Waals surface area contributed by atoms with Crippen molar-refractivity contribution in [1.29, 1.82) is 0 Å². The molecule has 1 amide bonds. The quantitative estimate of drug-likeness (QED) is 0.635. The van der Waals surface area contributed by atoms with Gasteiger partial charge in [0.1, 0.15) is 0 Å². The van der Waals surface area contributed by atoms with Crippen molar-refractivity contribution in [2.45, 2.75) is 38.1 Å². The molecule has 0 aliphatic heterocycles. The molecule has 74 valence electrons. The maximum atomic E-state index is 10.4. The number of aliphatic carboxylic acids is 1. The standard InChI is InChI=1S/C9H15NO3/c11-6-10-8-3-1-7(2-4-8)5-9(12)13/h6-8H,1-5H2,(H,10,11)(H,12,13). The molecule has 1 aliphatic carbocycles. The lowest BCUT2D eigenvalue weighted by Gasteiger charge is -2.26. The summed E-state index contributed by atoms with van der Waals surface area (Å²) in [6.07, 6.45) is 4.65. The Balaban J connectivity index is 2.22. The van der Waals surface area contributed by atoms with Crippen molar-refractivity contribution in [3.8, 4) is 0 Å². The van der Waals surface area contributed by atoms with Crippen LogP contribution in [0.4, 0.5) is 0 Å². The minimum absolute atomic E-state index is 0.266. The predicted octanol–water partition coefficient (Wildman–Crippen LogP) is 0.766. The van der Waals surface area contributed by atoms with Gasteiger partial charge in [-0.15, -0.1) is 0 Å². The molecule has 0 radical (unpaired) electrons. The van der Waals surface area contributed by atoms with Gasteiger partial charge in [-0.2, -0.15) is 0 Å². The maximum absolute atomic E-state index is 10.4. The summed E-state index contributed by atoms with van der Waals surface area (Å²) in [6, 6.07) is 0.266. The summed E-state index contributed by atoms with van der Waals surface area (Å²) in [5.74, 6) is -0.408. The fraction of sp³-hybridized carbons (Fsp3) is 0.778. The van der Waals surface area contributed by atoms with Crippen LogP contribution in [0.5, 0.6) is 0 Å². The van der Waals surface area contributed by atoms with E-state index in [4.69, 9.17) is 5.11 Å². The molecular weight excluding hydrogens is 170 g/mol. The number of carbonyl (C=O) groups excluding carboxylic acids is 1. The zero-order valence-corrected chi connectivity index (χ0v) is 7.53. The highest BCUT2D eigenvalue weighted by Crippen LogP contribution is 2.26. The number of carboxylic acid groups (broad SMARTS) is 1. The molecule has 0 aromatic carbocycles. The lowest BCUT2D eigenvalue weighted by atomic mass is 9.84. The van der Waals surface area contributed by atoms with Gasteiger partial charge < -0.3 is 10.4 Å². The second-order valence-corrected chi connectivity index (χ2v) is 3.60. The zero-order valence-electron chi connectivity index (χ0n) is 7.53. The summed E-state index contributed by atoms with van der Waals surface area (Å²) in [6.45, 7) is 0. The normalized spacial score (nSPS) is 28.0. The fourth-order valence-electron chi connectivity index (χ4n) is 1.88. The summed E-state index contributed by atoms with van der Waals surface area (Å²) >= 11 is 0. The van der Waals surface area contributed by atoms with Crippen molar-refractivity contribution < 1.29 is 14.7 Å². The largest absolute Gasteiger partial charge is 0.481 e. The van der Waals surface area contributed by atoms with Crippen LogP contribution >= 0.6 is 0 Å². The van der Waals surface area contributed by atoms with Crippen LogP contribution in [-0.2, 0) is 9.59 Å². The van der Waals surface area contributed by atoms with Crippen LogP contribution in [0.3, 0.4) is 0 Å². The van der Waals surface area contributed by atoms with Gasteiger partial charge in [-0.3, -0.25) is 9.59 Å². The Hall–Kier alpha value is -1.06. The molecular formula is C9H15NO3. The van der Waals surface area contributed by atoms with Crippen molar-refractivity contribution in [1.82, 2.24) is 5.32 Å². The third kappa shape index (κ3) is 3.44. The van der Waals surface area contributed by atoms with E-state index >= 15 is 0 Å². The first-order chi connectivity index (χ1) is 6.22. The summed E-state index contributed by atoms with van der Waals surface area (Å²) in [7, 11) is 0. The van der Waals surface area contributed by atoms with Crippen LogP contribution < -0.4 is 5.32 Å². The Morgan fingerprint density at radius 2 is 2.00 bits per heavy atom. The average Bonchev–Trinajstić information content (AvgIpc) is 2.08. The minimum atomic E-state index is -0.716. The van der Waals surface area contributed by atoms with Gasteiger partial charge in [-0.1, -0.05) is 0 Å². The van der Waals surface area contributed by atoms with Gasteiger partial charge in [0, 0.05) is 12.5 Å². The highest BCUT2D eigenvalue weighted by Gasteiger charge is 2.22. The Kier molecular flexibility index (Phi) is 3.73. The summed E-state index contributed by atoms with van der Waals surface area (Å²) < 4.78 is 0. The van der Waals surface area contributed by atoms with Crippen molar-refractivity contribution in [3.05, 3.63) is 0 Å². The van der Waals surface area contributed by atoms with Crippen LogP contribution in [0, 0.1) is 5.92 Å². The fourth-order valence-corrected chi connectivity index (χ4v) is 1.88. The van der Waals surface area contributed by atoms with E-state index in [9.17, 15) is 9.59 Å². The lowest BCUT2D eigenvalue weighted by Crippen LogP contribution is -2.32. The van der Waals surface area contributed by atoms with E-state index in [1.54, 1.807) is 0 Å². The van der Waals surface area contributed by atoms with Gasteiger partial charge in [0.25, 0.3) is 0 Å². The number of rotatable bonds is 4. The molecule has 0 aromatic heterocycles. The van der Waals surface area contributed by atoms with Gasteiger partial charge >= 0.3 is 5.97 Å². The first kappa shape index (κ1) is 10.0. The second kappa shape index (κ2) is 4.84. The molecule has 1 rings (SSSR count). The first-order valence-electron chi connectivity index (χ1n) is 4.64. The lowest BCUT2D eigenvalue weighted by molar-refractivity contribution is -0.138. The first-order valence-corrected chi connectivity index (χ1v) is 4.64. The van der Waals surface area contributed by atoms with E-state index in [0.29, 0.717) is 5.92 Å². The second-order valence-electron chi connectivity index (χ2n) is 3.60. The molecule has 0 atom stereocenters. The number of amides is 1. The molecule has 1 aliphatic rings. The molecule has 0 aromatic rings. The Morgan fingerprint density at radius 3 is 2.46 bits per heavy atom. The smallest absolute Gasteiger partial charge is 0.303 e. The Bertz CT molecular complexity index is 185. The van der Waals surface area contributed by atoms with Crippen molar-refractivity contribution in [2.24, 2.45) is 5.92 Å². The van der Waals surface area contributed by atoms with Gasteiger partial charge in [-0.05, 0) is 31.6 Å². The molecule has 0 saturated heterocycles. The van der Waals surface area contributed by atoms with E-state index in [-0.39, 0.29) is 12.5 Å². The summed E-state index contributed by atoms with van der Waals surface area (Å²) in [5.41, 5.74) is 0. The monoisotopic (exact) mass is 185 g/mol. The third-order valence-corrected chi connectivity index (χ3v) is 2.61. The molecule has 0 bridgehead atoms. The zero-order chi connectivity index (χ0) is 9.68. The number of nitrogens with one attached hydrogen (secondary N) is 1. The average molecular weight is 185 g/mol. The van der Waals surface area contributed by atoms with Gasteiger partial charge in [0.05, 0.1) is 0 Å². The molecule has 0 heterocycles. The summed E-state index contributed by atoms with van der Waals surface area (Å²) in [4.78, 5) is 20.5. The summed E-state index contributed by atoms with van der Waals surface area (Å²) in [5, 5.41) is 11.3. The van der Waals surface area contributed by atoms with Crippen LogP contribution in [0.2, 0.25) is 0 Å². The SMILES string of the molecule is O=CNC1CCC(CC(=O)O)CC1. The van der Waals surface area contributed by atoms with E-state index in [0.717, 1.165) is 32.1 Å². The van der Waals surface area contributed by atoms with Crippen LogP contribution in [0.1, 0.15) is 32.1 Å². The van der Waals surface area contributed by atoms with Gasteiger partial charge in [0.15, 0.2) is 0 Å². The minimum Gasteiger partial charge on any atom is -0.481 e. The number of carboxylic acids is 1. The molecule has 1 fully saturated rings. The molecule has 1 saturated carbocycles. The van der Waals surface area contributed by atoms with Crippen molar-refractivity contribution >= 4 is 12.4 Å². The molecule has 4 heteroatoms. The topological polar surface area (TPSA) is 66.4 Å². The molecule has 0 spiro atoms. The Labute approximate surface area is 77.3 Å². The van der Waals surface area contributed by atoms with E-state index < -0.39 is 5.97 Å². The third-order valence-electron chi connectivity index (χ3n) is 2.61. The number of hydrogen-bond donors (Lipinski definition) is 2. The van der Waals surface area contributed by atoms with Crippen LogP contribution in [0.15, 0.2) is 0 Å². The van der Waals surface area contributed by atoms with Crippen molar-refractivity contribution in [3.63, 3.8) is 0 Å². The van der Waals surface area contributed by atoms with Crippen LogP contribution in [-0.4, -0.2) is 23.5 Å². The number of carbonyl (C=O) groups is 2. The van der Waals surface area contributed by atoms with E-state index in [1.807, 2.05) is 0 Å². The van der Waals surface area contributed by atoms with E-state index in [1.165, 1.54) is 0 Å². The molecule has 0 unspecified atom stereocenters. The molecule has 2 N–H and O–H groups in total. The van der Waals surface area contributed by atoms with Crippen LogP contribution in [0.25, 0.3) is 0 Å². The van der Waals surface area contributed by atoms with Gasteiger partial charge in [-0.25, -0.2) is 0 Å². The highest BCUT2D eigenvalue weighted by molar-refractivity contribution is 5.67. The molecule has 4 nitrogen and oxygen atoms in total. The Morgan fingerprint density at radius 1 is 1.38 bits per heavy atom. The maximum Gasteiger partial charge on any atom is 0.303 e. The highest BCUT2D eigenvalue weighted by atomic mass is 16.4. The number of hydrogen-bond acceptors (Lipinski definition) is 2. The molecule has 13 heavy (non-hydrogen) atoms.